The third-order valence-corrected chi connectivity index (χ3v) is 6.53. The first-order chi connectivity index (χ1) is 13.6. The third kappa shape index (κ3) is 3.49. The first-order valence-corrected chi connectivity index (χ1v) is 10.8. The number of hydrogen-bond acceptors (Lipinski definition) is 4. The number of benzene rings is 1. The molecular formula is C22H25N3O2S. The van der Waals surface area contributed by atoms with Gasteiger partial charge >= 0.3 is 0 Å². The fraction of sp³-hybridized carbons (Fsp3) is 0.409. The molecule has 0 spiro atoms. The molecule has 1 aliphatic heterocycles. The molecule has 1 saturated heterocycles. The zero-order valence-electron chi connectivity index (χ0n) is 16.4. The molecule has 0 radical (unpaired) electrons. The van der Waals surface area contributed by atoms with E-state index < -0.39 is 0 Å². The zero-order chi connectivity index (χ0) is 19.7. The summed E-state index contributed by atoms with van der Waals surface area (Å²) < 4.78 is 1.47. The van der Waals surface area contributed by atoms with Gasteiger partial charge in [0, 0.05) is 23.5 Å². The number of carbonyl (C=O) groups excluding carboxylic acids is 1. The van der Waals surface area contributed by atoms with Crippen LogP contribution < -0.4 is 5.56 Å². The van der Waals surface area contributed by atoms with Crippen molar-refractivity contribution in [3.8, 4) is 11.1 Å². The number of piperidine rings is 1. The Kier molecular flexibility index (Phi) is 5.31. The number of fused-ring (bicyclic) bond motifs is 1. The monoisotopic (exact) mass is 395 g/mol. The van der Waals surface area contributed by atoms with E-state index in [1.807, 2.05) is 41.5 Å². The number of aryl methyl sites for hydroxylation is 1. The second-order valence-corrected chi connectivity index (χ2v) is 8.38. The number of nitrogens with zero attached hydrogens (tertiary/aromatic N) is 3. The Balaban J connectivity index is 1.68. The van der Waals surface area contributed by atoms with E-state index in [9.17, 15) is 9.59 Å². The quantitative estimate of drug-likeness (QED) is 0.664. The van der Waals surface area contributed by atoms with Crippen LogP contribution in [0.2, 0.25) is 0 Å². The molecule has 2 aromatic heterocycles. The van der Waals surface area contributed by atoms with Crippen molar-refractivity contribution in [3.63, 3.8) is 0 Å². The van der Waals surface area contributed by atoms with Crippen LogP contribution in [-0.4, -0.2) is 32.9 Å². The highest BCUT2D eigenvalue weighted by atomic mass is 32.1. The summed E-state index contributed by atoms with van der Waals surface area (Å²) in [5, 5.41) is 2.59. The Morgan fingerprint density at radius 3 is 2.79 bits per heavy atom. The maximum absolute atomic E-state index is 13.2. The van der Waals surface area contributed by atoms with E-state index in [-0.39, 0.29) is 24.1 Å². The number of hydrogen-bond donors (Lipinski definition) is 0. The Bertz CT molecular complexity index is 1050. The predicted octanol–water partition coefficient (Wildman–Crippen LogP) is 4.22. The molecule has 3 heterocycles. The summed E-state index contributed by atoms with van der Waals surface area (Å²) in [6.45, 7) is 5.01. The van der Waals surface area contributed by atoms with Crippen molar-refractivity contribution < 1.29 is 4.79 Å². The molecule has 1 atom stereocenters. The SMILES string of the molecule is CC[C@@H]1CCCCN1C(=O)Cn1cnc2scc(-c3ccc(C)cc3)c2c1=O. The third-order valence-electron chi connectivity index (χ3n) is 5.65. The molecule has 1 fully saturated rings. The number of carbonyl (C=O) groups is 1. The molecule has 1 aromatic carbocycles. The van der Waals surface area contributed by atoms with Crippen LogP contribution in [0.25, 0.3) is 21.3 Å². The molecule has 0 N–H and O–H groups in total. The zero-order valence-corrected chi connectivity index (χ0v) is 17.2. The highest BCUT2D eigenvalue weighted by Crippen LogP contribution is 2.30. The molecule has 0 aliphatic carbocycles. The maximum atomic E-state index is 13.2. The summed E-state index contributed by atoms with van der Waals surface area (Å²) in [6.07, 6.45) is 5.74. The van der Waals surface area contributed by atoms with Gasteiger partial charge in [0.15, 0.2) is 0 Å². The largest absolute Gasteiger partial charge is 0.338 e. The molecule has 0 unspecified atom stereocenters. The fourth-order valence-corrected chi connectivity index (χ4v) is 4.92. The Morgan fingerprint density at radius 1 is 1.25 bits per heavy atom. The van der Waals surface area contributed by atoms with E-state index in [0.717, 1.165) is 36.9 Å². The lowest BCUT2D eigenvalue weighted by Crippen LogP contribution is -2.45. The van der Waals surface area contributed by atoms with Crippen molar-refractivity contribution in [2.24, 2.45) is 0 Å². The van der Waals surface area contributed by atoms with Crippen molar-refractivity contribution in [1.29, 1.82) is 0 Å². The number of amides is 1. The van der Waals surface area contributed by atoms with Crippen molar-refractivity contribution in [3.05, 3.63) is 51.9 Å². The van der Waals surface area contributed by atoms with Crippen LogP contribution in [0.15, 0.2) is 40.8 Å². The molecule has 1 aliphatic rings. The summed E-state index contributed by atoms with van der Waals surface area (Å²) in [4.78, 5) is 33.2. The van der Waals surface area contributed by atoms with Gasteiger partial charge in [0.1, 0.15) is 11.4 Å². The number of likely N-dealkylation sites (tertiary alicyclic amines) is 1. The first-order valence-electron chi connectivity index (χ1n) is 9.91. The molecule has 4 rings (SSSR count). The smallest absolute Gasteiger partial charge is 0.263 e. The molecule has 1 amide bonds. The van der Waals surface area contributed by atoms with Gasteiger partial charge in [-0.2, -0.15) is 0 Å². The standard InChI is InChI=1S/C22H25N3O2S/c1-3-17-6-4-5-11-25(17)19(26)12-24-14-23-21-20(22(24)27)18(13-28-21)16-9-7-15(2)8-10-16/h7-10,13-14,17H,3-6,11-12H2,1-2H3/t17-/m1/s1. The van der Waals surface area contributed by atoms with Gasteiger partial charge in [0.25, 0.3) is 5.56 Å². The Hall–Kier alpha value is -2.47. The van der Waals surface area contributed by atoms with E-state index in [4.69, 9.17) is 0 Å². The summed E-state index contributed by atoms with van der Waals surface area (Å²) >= 11 is 1.47. The van der Waals surface area contributed by atoms with Crippen LogP contribution in [0.3, 0.4) is 0 Å². The van der Waals surface area contributed by atoms with Crippen LogP contribution in [0.5, 0.6) is 0 Å². The lowest BCUT2D eigenvalue weighted by Gasteiger charge is -2.35. The maximum Gasteiger partial charge on any atom is 0.263 e. The van der Waals surface area contributed by atoms with Crippen LogP contribution in [0, 0.1) is 6.92 Å². The van der Waals surface area contributed by atoms with Crippen molar-refractivity contribution >= 4 is 27.5 Å². The minimum atomic E-state index is -0.139. The van der Waals surface area contributed by atoms with Crippen molar-refractivity contribution in [1.82, 2.24) is 14.5 Å². The van der Waals surface area contributed by atoms with Gasteiger partial charge in [-0.3, -0.25) is 14.2 Å². The Labute approximate surface area is 168 Å². The van der Waals surface area contributed by atoms with E-state index >= 15 is 0 Å². The Morgan fingerprint density at radius 2 is 2.04 bits per heavy atom. The normalized spacial score (nSPS) is 17.2. The second kappa shape index (κ2) is 7.87. The van der Waals surface area contributed by atoms with Crippen LogP contribution >= 0.6 is 11.3 Å². The summed E-state index contributed by atoms with van der Waals surface area (Å²) in [5.41, 5.74) is 2.93. The highest BCUT2D eigenvalue weighted by Gasteiger charge is 2.26. The van der Waals surface area contributed by atoms with Crippen LogP contribution in [0.4, 0.5) is 0 Å². The van der Waals surface area contributed by atoms with Crippen molar-refractivity contribution in [2.75, 3.05) is 6.54 Å². The minimum absolute atomic E-state index is 0.0157. The van der Waals surface area contributed by atoms with Gasteiger partial charge in [-0.25, -0.2) is 4.98 Å². The van der Waals surface area contributed by atoms with Crippen molar-refractivity contribution in [2.45, 2.75) is 52.1 Å². The number of rotatable bonds is 4. The van der Waals surface area contributed by atoms with E-state index in [0.29, 0.717) is 10.2 Å². The lowest BCUT2D eigenvalue weighted by molar-refractivity contribution is -0.135. The topological polar surface area (TPSA) is 55.2 Å². The molecule has 6 heteroatoms. The lowest BCUT2D eigenvalue weighted by atomic mass is 10.00. The summed E-state index contributed by atoms with van der Waals surface area (Å²) in [7, 11) is 0. The minimum Gasteiger partial charge on any atom is -0.338 e. The van der Waals surface area contributed by atoms with E-state index in [1.54, 1.807) is 0 Å². The molecular weight excluding hydrogens is 370 g/mol. The highest BCUT2D eigenvalue weighted by molar-refractivity contribution is 7.17. The van der Waals surface area contributed by atoms with Gasteiger partial charge < -0.3 is 4.90 Å². The first kappa shape index (κ1) is 18.9. The predicted molar refractivity (Wildman–Crippen MR) is 114 cm³/mol. The molecule has 3 aromatic rings. The summed E-state index contributed by atoms with van der Waals surface area (Å²) in [6, 6.07) is 8.42. The van der Waals surface area contributed by atoms with Gasteiger partial charge in [-0.15, -0.1) is 11.3 Å². The van der Waals surface area contributed by atoms with Crippen LogP contribution in [0.1, 0.15) is 38.2 Å². The van der Waals surface area contributed by atoms with E-state index in [2.05, 4.69) is 11.9 Å². The molecule has 5 nitrogen and oxygen atoms in total. The molecule has 0 saturated carbocycles. The fourth-order valence-electron chi connectivity index (χ4n) is 4.02. The van der Waals surface area contributed by atoms with Gasteiger partial charge in [0.05, 0.1) is 11.7 Å². The summed E-state index contributed by atoms with van der Waals surface area (Å²) in [5.74, 6) is 0.0157. The number of thiophene rings is 1. The molecule has 28 heavy (non-hydrogen) atoms. The average Bonchev–Trinajstić information content (AvgIpc) is 3.15. The second-order valence-electron chi connectivity index (χ2n) is 7.52. The van der Waals surface area contributed by atoms with E-state index in [1.165, 1.54) is 34.2 Å². The van der Waals surface area contributed by atoms with Gasteiger partial charge in [-0.05, 0) is 38.2 Å². The average molecular weight is 396 g/mol. The van der Waals surface area contributed by atoms with Gasteiger partial charge in [0.2, 0.25) is 5.91 Å². The van der Waals surface area contributed by atoms with Crippen LogP contribution in [-0.2, 0) is 11.3 Å². The molecule has 146 valence electrons. The van der Waals surface area contributed by atoms with Gasteiger partial charge in [-0.1, -0.05) is 36.8 Å². The molecule has 0 bridgehead atoms. The number of aromatic nitrogens is 2.